The molecule has 0 radical (unpaired) electrons. The number of aromatic nitrogens is 2. The summed E-state index contributed by atoms with van der Waals surface area (Å²) in [5.74, 6) is 0.908. The summed E-state index contributed by atoms with van der Waals surface area (Å²) in [5.41, 5.74) is 0.625. The molecule has 0 saturated carbocycles. The molecule has 1 amide bonds. The molecule has 21 heavy (non-hydrogen) atoms. The Bertz CT molecular complexity index is 672. The second kappa shape index (κ2) is 5.69. The van der Waals surface area contributed by atoms with E-state index in [1.165, 1.54) is 23.6 Å². The first-order chi connectivity index (χ1) is 10.1. The molecule has 0 aliphatic carbocycles. The van der Waals surface area contributed by atoms with E-state index >= 15 is 0 Å². The van der Waals surface area contributed by atoms with Crippen LogP contribution in [0.5, 0.6) is 0 Å². The third-order valence-electron chi connectivity index (χ3n) is 3.08. The van der Waals surface area contributed by atoms with E-state index in [1.54, 1.807) is 30.7 Å². The number of amides is 1. The highest BCUT2D eigenvalue weighted by Gasteiger charge is 2.33. The van der Waals surface area contributed by atoms with Crippen molar-refractivity contribution < 1.29 is 14.0 Å². The molecule has 1 saturated heterocycles. The Balaban J connectivity index is 1.82. The summed E-state index contributed by atoms with van der Waals surface area (Å²) in [6.45, 7) is 1.95. The van der Waals surface area contributed by atoms with Crippen LogP contribution in [-0.2, 0) is 9.59 Å². The van der Waals surface area contributed by atoms with Crippen LogP contribution in [0.3, 0.4) is 0 Å². The Kier molecular flexibility index (Phi) is 3.74. The maximum absolute atomic E-state index is 12.1. The van der Waals surface area contributed by atoms with Crippen LogP contribution in [0, 0.1) is 0 Å². The SMILES string of the molecule is CC(=O)SC1CC(=O)N(c2nccc(-c3ccco3)n2)C1. The Labute approximate surface area is 125 Å². The van der Waals surface area contributed by atoms with Crippen LogP contribution in [0.15, 0.2) is 35.1 Å². The average Bonchev–Trinajstić information content (AvgIpc) is 3.08. The van der Waals surface area contributed by atoms with Crippen molar-refractivity contribution >= 4 is 28.7 Å². The fourth-order valence-electron chi connectivity index (χ4n) is 2.22. The fourth-order valence-corrected chi connectivity index (χ4v) is 3.14. The molecule has 3 rings (SSSR count). The quantitative estimate of drug-likeness (QED) is 0.864. The van der Waals surface area contributed by atoms with Crippen LogP contribution in [0.1, 0.15) is 13.3 Å². The van der Waals surface area contributed by atoms with Crippen LogP contribution in [0.25, 0.3) is 11.5 Å². The van der Waals surface area contributed by atoms with E-state index in [2.05, 4.69) is 9.97 Å². The van der Waals surface area contributed by atoms with Gasteiger partial charge in [-0.05, 0) is 18.2 Å². The Hall–Kier alpha value is -2.15. The molecule has 7 heteroatoms. The summed E-state index contributed by atoms with van der Waals surface area (Å²) in [5, 5.41) is -0.0224. The molecule has 0 N–H and O–H groups in total. The number of hydrogen-bond donors (Lipinski definition) is 0. The molecule has 6 nitrogen and oxygen atoms in total. The van der Waals surface area contributed by atoms with Crippen LogP contribution < -0.4 is 4.90 Å². The minimum Gasteiger partial charge on any atom is -0.463 e. The van der Waals surface area contributed by atoms with Crippen LogP contribution in [-0.4, -0.2) is 32.8 Å². The first-order valence-electron chi connectivity index (χ1n) is 6.48. The van der Waals surface area contributed by atoms with Gasteiger partial charge in [-0.1, -0.05) is 11.8 Å². The molecular formula is C14H13N3O3S. The zero-order valence-electron chi connectivity index (χ0n) is 11.4. The summed E-state index contributed by atoms with van der Waals surface area (Å²) in [7, 11) is 0. The number of nitrogens with zero attached hydrogens (tertiary/aromatic N) is 3. The van der Waals surface area contributed by atoms with Crippen molar-refractivity contribution in [1.82, 2.24) is 9.97 Å². The second-order valence-electron chi connectivity index (χ2n) is 4.66. The number of carbonyl (C=O) groups excluding carboxylic acids is 2. The van der Waals surface area contributed by atoms with Gasteiger partial charge >= 0.3 is 0 Å². The topological polar surface area (TPSA) is 76.3 Å². The lowest BCUT2D eigenvalue weighted by molar-refractivity contribution is -0.117. The van der Waals surface area contributed by atoms with Gasteiger partial charge in [0.2, 0.25) is 11.9 Å². The summed E-state index contributed by atoms with van der Waals surface area (Å²) in [4.78, 5) is 33.3. The lowest BCUT2D eigenvalue weighted by atomic mass is 10.3. The van der Waals surface area contributed by atoms with Crippen molar-refractivity contribution in [1.29, 1.82) is 0 Å². The molecule has 1 aliphatic heterocycles. The van der Waals surface area contributed by atoms with Crippen LogP contribution >= 0.6 is 11.8 Å². The second-order valence-corrected chi connectivity index (χ2v) is 6.14. The van der Waals surface area contributed by atoms with Gasteiger partial charge in [0, 0.05) is 31.3 Å². The monoisotopic (exact) mass is 303 g/mol. The third-order valence-corrected chi connectivity index (χ3v) is 4.06. The van der Waals surface area contributed by atoms with Crippen molar-refractivity contribution in [3.8, 4) is 11.5 Å². The first kappa shape index (κ1) is 13.8. The van der Waals surface area contributed by atoms with Crippen molar-refractivity contribution in [2.24, 2.45) is 0 Å². The number of furan rings is 1. The molecule has 108 valence electrons. The maximum atomic E-state index is 12.1. The number of hydrogen-bond acceptors (Lipinski definition) is 6. The van der Waals surface area contributed by atoms with E-state index in [-0.39, 0.29) is 16.3 Å². The van der Waals surface area contributed by atoms with Gasteiger partial charge < -0.3 is 4.42 Å². The minimum atomic E-state index is -0.0645. The predicted octanol–water partition coefficient (Wildman–Crippen LogP) is 2.12. The zero-order chi connectivity index (χ0) is 14.8. The average molecular weight is 303 g/mol. The van der Waals surface area contributed by atoms with E-state index in [4.69, 9.17) is 4.42 Å². The summed E-state index contributed by atoms with van der Waals surface area (Å²) < 4.78 is 5.30. The van der Waals surface area contributed by atoms with Gasteiger partial charge in [0.05, 0.1) is 6.26 Å². The van der Waals surface area contributed by atoms with Crippen molar-refractivity contribution in [3.05, 3.63) is 30.7 Å². The minimum absolute atomic E-state index is 0.0138. The van der Waals surface area contributed by atoms with E-state index in [1.807, 2.05) is 0 Å². The van der Waals surface area contributed by atoms with Crippen molar-refractivity contribution in [2.75, 3.05) is 11.4 Å². The molecule has 2 aromatic rings. The lowest BCUT2D eigenvalue weighted by Gasteiger charge is -2.14. The maximum Gasteiger partial charge on any atom is 0.232 e. The van der Waals surface area contributed by atoms with E-state index in [0.717, 1.165) is 0 Å². The van der Waals surface area contributed by atoms with Crippen LogP contribution in [0.4, 0.5) is 5.95 Å². The molecule has 0 bridgehead atoms. The van der Waals surface area contributed by atoms with Gasteiger partial charge in [-0.2, -0.15) is 0 Å². The van der Waals surface area contributed by atoms with E-state index in [0.29, 0.717) is 30.4 Å². The number of rotatable bonds is 3. The van der Waals surface area contributed by atoms with E-state index < -0.39 is 0 Å². The van der Waals surface area contributed by atoms with Crippen LogP contribution in [0.2, 0.25) is 0 Å². The first-order valence-corrected chi connectivity index (χ1v) is 7.36. The molecule has 1 atom stereocenters. The van der Waals surface area contributed by atoms with Gasteiger partial charge in [0.1, 0.15) is 5.69 Å². The standard InChI is InChI=1S/C14H13N3O3S/c1-9(18)21-10-7-13(19)17(8-10)14-15-5-4-11(16-14)12-3-2-6-20-12/h2-6,10H,7-8H2,1H3. The number of carbonyl (C=O) groups is 2. The predicted molar refractivity (Wildman–Crippen MR) is 78.8 cm³/mol. The van der Waals surface area contributed by atoms with Crippen molar-refractivity contribution in [2.45, 2.75) is 18.6 Å². The highest BCUT2D eigenvalue weighted by atomic mass is 32.2. The molecular weight excluding hydrogens is 290 g/mol. The van der Waals surface area contributed by atoms with Gasteiger partial charge in [0.25, 0.3) is 0 Å². The lowest BCUT2D eigenvalue weighted by Crippen LogP contribution is -2.27. The molecule has 0 spiro atoms. The summed E-state index contributed by atoms with van der Waals surface area (Å²) in [6.07, 6.45) is 3.50. The van der Waals surface area contributed by atoms with Crippen molar-refractivity contribution in [3.63, 3.8) is 0 Å². The number of thioether (sulfide) groups is 1. The van der Waals surface area contributed by atoms with Gasteiger partial charge in [-0.15, -0.1) is 0 Å². The van der Waals surface area contributed by atoms with E-state index in [9.17, 15) is 9.59 Å². The molecule has 0 aromatic carbocycles. The third kappa shape index (κ3) is 2.97. The molecule has 3 heterocycles. The molecule has 1 aliphatic rings. The zero-order valence-corrected chi connectivity index (χ0v) is 12.2. The fraction of sp³-hybridized carbons (Fsp3) is 0.286. The smallest absolute Gasteiger partial charge is 0.232 e. The summed E-state index contributed by atoms with van der Waals surface area (Å²) in [6, 6.07) is 5.30. The largest absolute Gasteiger partial charge is 0.463 e. The van der Waals surface area contributed by atoms with Gasteiger partial charge in [-0.25, -0.2) is 9.97 Å². The van der Waals surface area contributed by atoms with Gasteiger partial charge in [-0.3, -0.25) is 14.5 Å². The Morgan fingerprint density at radius 1 is 1.48 bits per heavy atom. The highest BCUT2D eigenvalue weighted by Crippen LogP contribution is 2.27. The summed E-state index contributed by atoms with van der Waals surface area (Å²) >= 11 is 1.19. The molecule has 1 unspecified atom stereocenters. The highest BCUT2D eigenvalue weighted by molar-refractivity contribution is 8.14. The Morgan fingerprint density at radius 2 is 2.33 bits per heavy atom. The van der Waals surface area contributed by atoms with Gasteiger partial charge in [0.15, 0.2) is 10.9 Å². The molecule has 1 fully saturated rings. The number of anilines is 1. The normalized spacial score (nSPS) is 18.2. The molecule has 2 aromatic heterocycles. The Morgan fingerprint density at radius 3 is 3.05 bits per heavy atom.